The van der Waals surface area contributed by atoms with Gasteiger partial charge in [0, 0.05) is 19.2 Å². The average Bonchev–Trinajstić information content (AvgIpc) is 3.31. The van der Waals surface area contributed by atoms with Gasteiger partial charge in [-0.05, 0) is 42.7 Å². The van der Waals surface area contributed by atoms with E-state index in [-0.39, 0.29) is 30.2 Å². The number of hydrogen-bond donors (Lipinski definition) is 2. The molecular formula is C21H22N4O6S. The molecule has 1 aromatic heterocycles. The molecule has 2 fully saturated rings. The highest BCUT2D eigenvalue weighted by Gasteiger charge is 2.68. The van der Waals surface area contributed by atoms with Crippen LogP contribution in [0, 0.1) is 0 Å². The molecule has 32 heavy (non-hydrogen) atoms. The molecule has 2 amide bonds. The lowest BCUT2D eigenvalue weighted by Gasteiger charge is -2.34. The number of hydrogen-bond acceptors (Lipinski definition) is 7. The van der Waals surface area contributed by atoms with Crippen LogP contribution < -0.4 is 5.73 Å². The number of phenolic OH excluding ortho intramolecular Hbond substituents is 1. The van der Waals surface area contributed by atoms with Crippen molar-refractivity contribution in [1.82, 2.24) is 14.2 Å². The summed E-state index contributed by atoms with van der Waals surface area (Å²) in [5.74, 6) is -2.13. The Labute approximate surface area is 184 Å². The highest BCUT2D eigenvalue weighted by molar-refractivity contribution is 7.89. The van der Waals surface area contributed by atoms with Gasteiger partial charge in [0.2, 0.25) is 5.91 Å². The van der Waals surface area contributed by atoms with Crippen molar-refractivity contribution in [3.63, 3.8) is 0 Å². The van der Waals surface area contributed by atoms with Gasteiger partial charge in [0.05, 0.1) is 12.6 Å². The second-order valence-corrected chi connectivity index (χ2v) is 9.63. The average molecular weight is 458 g/mol. The molecule has 11 heteroatoms. The zero-order valence-corrected chi connectivity index (χ0v) is 17.9. The van der Waals surface area contributed by atoms with E-state index in [1.165, 1.54) is 30.5 Å². The van der Waals surface area contributed by atoms with E-state index in [1.54, 1.807) is 18.2 Å². The number of primary amides is 1. The first-order valence-corrected chi connectivity index (χ1v) is 11.5. The van der Waals surface area contributed by atoms with Crippen LogP contribution in [0.25, 0.3) is 0 Å². The predicted molar refractivity (Wildman–Crippen MR) is 112 cm³/mol. The van der Waals surface area contributed by atoms with Crippen LogP contribution in [0.3, 0.4) is 0 Å². The molecule has 4 rings (SSSR count). The summed E-state index contributed by atoms with van der Waals surface area (Å²) in [4.78, 5) is 43.7. The highest BCUT2D eigenvalue weighted by atomic mass is 32.2. The highest BCUT2D eigenvalue weighted by Crippen LogP contribution is 2.42. The summed E-state index contributed by atoms with van der Waals surface area (Å²) in [5, 5.41) is 9.14. The molecule has 0 spiro atoms. The second-order valence-electron chi connectivity index (χ2n) is 7.79. The number of fused-ring (bicyclic) bond motifs is 1. The number of sulfonamides is 1. The number of Topliss-reactive ketones (excluding diaryl/α,β-unsaturated/α-hetero) is 1. The minimum Gasteiger partial charge on any atom is -0.508 e. The van der Waals surface area contributed by atoms with E-state index in [2.05, 4.69) is 4.98 Å². The largest absolute Gasteiger partial charge is 0.508 e. The minimum atomic E-state index is -4.17. The minimum absolute atomic E-state index is 0.00715. The standard InChI is InChI=1S/C21H22N4O6S/c22-20(29)21-16(25(13-17(21)27)32(30,31)18-3-1-2-11-23-18)10-12-24(21)19(28)9-6-14-4-7-15(26)8-5-14/h1-5,7-8,11,16,26H,6,9-10,12-13H2,(H2,22,29). The van der Waals surface area contributed by atoms with Gasteiger partial charge in [-0.3, -0.25) is 14.4 Å². The third-order valence-electron chi connectivity index (χ3n) is 6.06. The molecule has 10 nitrogen and oxygen atoms in total. The summed E-state index contributed by atoms with van der Waals surface area (Å²) in [6, 6.07) is 9.62. The molecule has 2 saturated heterocycles. The predicted octanol–water partition coefficient (Wildman–Crippen LogP) is -0.182. The third-order valence-corrected chi connectivity index (χ3v) is 7.83. The van der Waals surface area contributed by atoms with Crippen LogP contribution in [0.2, 0.25) is 0 Å². The molecule has 2 unspecified atom stereocenters. The number of rotatable bonds is 6. The topological polar surface area (TPSA) is 151 Å². The maximum absolute atomic E-state index is 13.1. The Morgan fingerprint density at radius 1 is 1.19 bits per heavy atom. The Hall–Kier alpha value is -3.31. The number of aryl methyl sites for hydroxylation is 1. The SMILES string of the molecule is NC(=O)C12C(=O)CN(S(=O)(=O)c3ccccn3)C1CCN2C(=O)CCc1ccc(O)cc1. The van der Waals surface area contributed by atoms with E-state index in [0.29, 0.717) is 6.42 Å². The molecule has 0 radical (unpaired) electrons. The molecule has 168 valence electrons. The number of aromatic hydroxyl groups is 1. The normalized spacial score (nSPS) is 23.3. The Bertz CT molecular complexity index is 1170. The van der Waals surface area contributed by atoms with Crippen molar-refractivity contribution in [2.45, 2.75) is 35.9 Å². The van der Waals surface area contributed by atoms with Crippen molar-refractivity contribution in [3.8, 4) is 5.75 Å². The van der Waals surface area contributed by atoms with Gasteiger partial charge in [0.25, 0.3) is 15.9 Å². The van der Waals surface area contributed by atoms with Gasteiger partial charge >= 0.3 is 0 Å². The number of benzene rings is 1. The Kier molecular flexibility index (Phi) is 5.47. The lowest BCUT2D eigenvalue weighted by molar-refractivity contribution is -0.149. The molecule has 0 saturated carbocycles. The zero-order chi connectivity index (χ0) is 23.1. The van der Waals surface area contributed by atoms with Crippen molar-refractivity contribution in [1.29, 1.82) is 0 Å². The Balaban J connectivity index is 1.62. The number of aromatic nitrogens is 1. The number of likely N-dealkylation sites (tertiary alicyclic amines) is 1. The maximum Gasteiger partial charge on any atom is 0.261 e. The van der Waals surface area contributed by atoms with Crippen LogP contribution in [0.1, 0.15) is 18.4 Å². The fraction of sp³-hybridized carbons (Fsp3) is 0.333. The molecule has 0 bridgehead atoms. The van der Waals surface area contributed by atoms with E-state index >= 15 is 0 Å². The van der Waals surface area contributed by atoms with Crippen molar-refractivity contribution >= 4 is 27.6 Å². The van der Waals surface area contributed by atoms with Crippen LogP contribution in [-0.2, 0) is 30.8 Å². The van der Waals surface area contributed by atoms with Crippen molar-refractivity contribution in [3.05, 3.63) is 54.2 Å². The molecule has 2 aliphatic heterocycles. The molecule has 3 heterocycles. The number of phenols is 1. The van der Waals surface area contributed by atoms with Crippen LogP contribution in [0.5, 0.6) is 5.75 Å². The van der Waals surface area contributed by atoms with Gasteiger partial charge in [-0.15, -0.1) is 0 Å². The van der Waals surface area contributed by atoms with Gasteiger partial charge in [-0.1, -0.05) is 18.2 Å². The molecule has 3 N–H and O–H groups in total. The van der Waals surface area contributed by atoms with E-state index < -0.39 is 45.7 Å². The number of nitrogens with zero attached hydrogens (tertiary/aromatic N) is 3. The number of pyridine rings is 1. The lowest BCUT2D eigenvalue weighted by Crippen LogP contribution is -2.64. The molecule has 2 aromatic rings. The second kappa shape index (κ2) is 7.99. The van der Waals surface area contributed by atoms with Gasteiger partial charge in [-0.25, -0.2) is 13.4 Å². The zero-order valence-electron chi connectivity index (χ0n) is 17.0. The van der Waals surface area contributed by atoms with Crippen molar-refractivity contribution in [2.24, 2.45) is 5.73 Å². The number of carbonyl (C=O) groups is 3. The monoisotopic (exact) mass is 458 g/mol. The summed E-state index contributed by atoms with van der Waals surface area (Å²) >= 11 is 0. The van der Waals surface area contributed by atoms with Gasteiger partial charge < -0.3 is 15.7 Å². The van der Waals surface area contributed by atoms with E-state index in [4.69, 9.17) is 5.73 Å². The van der Waals surface area contributed by atoms with Gasteiger partial charge in [0.15, 0.2) is 16.3 Å². The van der Waals surface area contributed by atoms with Crippen LogP contribution in [-0.4, -0.2) is 70.0 Å². The first kappa shape index (κ1) is 21.9. The first-order valence-electron chi connectivity index (χ1n) is 10.0. The number of nitrogens with two attached hydrogens (primary N) is 1. The van der Waals surface area contributed by atoms with Gasteiger partial charge in [-0.2, -0.15) is 4.31 Å². The van der Waals surface area contributed by atoms with Crippen LogP contribution in [0.4, 0.5) is 0 Å². The summed E-state index contributed by atoms with van der Waals surface area (Å²) < 4.78 is 27.2. The fourth-order valence-electron chi connectivity index (χ4n) is 4.55. The molecular weight excluding hydrogens is 436 g/mol. The van der Waals surface area contributed by atoms with E-state index in [0.717, 1.165) is 14.8 Å². The molecule has 1 aromatic carbocycles. The number of carbonyl (C=O) groups excluding carboxylic acids is 3. The smallest absolute Gasteiger partial charge is 0.261 e. The summed E-state index contributed by atoms with van der Waals surface area (Å²) in [6.45, 7) is -0.531. The first-order chi connectivity index (χ1) is 15.2. The van der Waals surface area contributed by atoms with Crippen LogP contribution in [0.15, 0.2) is 53.7 Å². The third kappa shape index (κ3) is 3.33. The fourth-order valence-corrected chi connectivity index (χ4v) is 6.12. The molecule has 2 atom stereocenters. The van der Waals surface area contributed by atoms with Crippen LogP contribution >= 0.6 is 0 Å². The lowest BCUT2D eigenvalue weighted by atomic mass is 9.89. The molecule has 0 aliphatic carbocycles. The van der Waals surface area contributed by atoms with Gasteiger partial charge in [0.1, 0.15) is 5.75 Å². The summed E-state index contributed by atoms with van der Waals surface area (Å²) in [5.41, 5.74) is 4.40. The Morgan fingerprint density at radius 3 is 2.53 bits per heavy atom. The summed E-state index contributed by atoms with van der Waals surface area (Å²) in [7, 11) is -4.17. The van der Waals surface area contributed by atoms with E-state index in [9.17, 15) is 27.9 Å². The van der Waals surface area contributed by atoms with Crippen molar-refractivity contribution in [2.75, 3.05) is 13.1 Å². The quantitative estimate of drug-likeness (QED) is 0.570. The van der Waals surface area contributed by atoms with E-state index in [1.807, 2.05) is 0 Å². The molecule has 2 aliphatic rings. The number of amides is 2. The maximum atomic E-state index is 13.1. The Morgan fingerprint density at radius 2 is 1.91 bits per heavy atom. The summed E-state index contributed by atoms with van der Waals surface area (Å²) in [6.07, 6.45) is 1.73. The van der Waals surface area contributed by atoms with Crippen molar-refractivity contribution < 1.29 is 27.9 Å². The number of ketones is 1.